The number of hydrogen-bond donors (Lipinski definition) is 2. The Morgan fingerprint density at radius 3 is 2.67 bits per heavy atom. The monoisotopic (exact) mass is 281 g/mol. The topological polar surface area (TPSA) is 75.9 Å². The minimum atomic E-state index is 0.556. The summed E-state index contributed by atoms with van der Waals surface area (Å²) < 4.78 is 5.25. The number of rotatable bonds is 6. The second-order valence-corrected chi connectivity index (χ2v) is 4.41. The first-order chi connectivity index (χ1) is 10.4. The Morgan fingerprint density at radius 2 is 1.86 bits per heavy atom. The van der Waals surface area contributed by atoms with Gasteiger partial charge in [-0.05, 0) is 35.9 Å². The zero-order valence-electron chi connectivity index (χ0n) is 11.4. The highest BCUT2D eigenvalue weighted by Crippen LogP contribution is 2.09. The molecule has 21 heavy (non-hydrogen) atoms. The van der Waals surface area contributed by atoms with Gasteiger partial charge < -0.3 is 15.1 Å². The van der Waals surface area contributed by atoms with Crippen molar-refractivity contribution in [3.05, 3.63) is 66.5 Å². The number of nitrogens with one attached hydrogen (secondary N) is 2. The van der Waals surface area contributed by atoms with Gasteiger partial charge in [0.2, 0.25) is 5.95 Å². The van der Waals surface area contributed by atoms with E-state index in [1.54, 1.807) is 24.9 Å². The molecule has 3 aromatic rings. The summed E-state index contributed by atoms with van der Waals surface area (Å²) in [4.78, 5) is 12.6. The van der Waals surface area contributed by atoms with Crippen LogP contribution in [0.25, 0.3) is 0 Å². The van der Waals surface area contributed by atoms with E-state index >= 15 is 0 Å². The Labute approximate surface area is 122 Å². The Morgan fingerprint density at radius 1 is 0.952 bits per heavy atom. The Hall–Kier alpha value is -2.89. The van der Waals surface area contributed by atoms with Crippen LogP contribution < -0.4 is 10.6 Å². The molecule has 0 bridgehead atoms. The summed E-state index contributed by atoms with van der Waals surface area (Å²) in [6, 6.07) is 9.51. The van der Waals surface area contributed by atoms with Gasteiger partial charge in [0.05, 0.1) is 12.8 Å². The lowest BCUT2D eigenvalue weighted by Gasteiger charge is -2.07. The van der Waals surface area contributed by atoms with Gasteiger partial charge in [0, 0.05) is 25.1 Å². The van der Waals surface area contributed by atoms with E-state index in [1.807, 2.05) is 30.3 Å². The maximum Gasteiger partial charge on any atom is 0.224 e. The van der Waals surface area contributed by atoms with Crippen molar-refractivity contribution in [1.82, 2.24) is 15.0 Å². The minimum Gasteiger partial charge on any atom is -0.467 e. The highest BCUT2D eigenvalue weighted by Gasteiger charge is 2.01. The molecule has 0 saturated heterocycles. The maximum absolute atomic E-state index is 5.25. The molecule has 6 nitrogen and oxygen atoms in total. The molecule has 106 valence electrons. The average molecular weight is 281 g/mol. The number of furan rings is 1. The third-order valence-electron chi connectivity index (χ3n) is 2.88. The van der Waals surface area contributed by atoms with Crippen LogP contribution in [0.15, 0.2) is 59.6 Å². The quantitative estimate of drug-likeness (QED) is 0.723. The summed E-state index contributed by atoms with van der Waals surface area (Å²) in [7, 11) is 0. The number of aromatic nitrogens is 3. The van der Waals surface area contributed by atoms with Gasteiger partial charge in [0.15, 0.2) is 0 Å². The van der Waals surface area contributed by atoms with E-state index in [2.05, 4.69) is 25.6 Å². The lowest BCUT2D eigenvalue weighted by Crippen LogP contribution is -2.06. The Balaban J connectivity index is 1.58. The molecule has 0 aliphatic heterocycles. The van der Waals surface area contributed by atoms with Gasteiger partial charge in [-0.2, -0.15) is 4.98 Å². The number of nitrogens with zero attached hydrogens (tertiary/aromatic N) is 3. The predicted octanol–water partition coefficient (Wildman–Crippen LogP) is 2.69. The zero-order chi connectivity index (χ0) is 14.3. The van der Waals surface area contributed by atoms with Crippen LogP contribution in [0.2, 0.25) is 0 Å². The molecule has 0 saturated carbocycles. The SMILES string of the molecule is c1coc(CNc2nccc(NCc3ccncc3)n2)c1. The summed E-state index contributed by atoms with van der Waals surface area (Å²) in [6.45, 7) is 1.25. The lowest BCUT2D eigenvalue weighted by atomic mass is 10.3. The van der Waals surface area contributed by atoms with Crippen molar-refractivity contribution in [2.75, 3.05) is 10.6 Å². The fraction of sp³-hybridized carbons (Fsp3) is 0.133. The maximum atomic E-state index is 5.25. The molecule has 6 heteroatoms. The molecule has 3 heterocycles. The molecular weight excluding hydrogens is 266 g/mol. The van der Waals surface area contributed by atoms with E-state index in [0.29, 0.717) is 19.0 Å². The molecular formula is C15H15N5O. The number of pyridine rings is 1. The van der Waals surface area contributed by atoms with Crippen LogP contribution >= 0.6 is 0 Å². The lowest BCUT2D eigenvalue weighted by molar-refractivity contribution is 0.517. The summed E-state index contributed by atoms with van der Waals surface area (Å²) >= 11 is 0. The van der Waals surface area contributed by atoms with Gasteiger partial charge in [-0.15, -0.1) is 0 Å². The fourth-order valence-corrected chi connectivity index (χ4v) is 1.81. The fourth-order valence-electron chi connectivity index (χ4n) is 1.81. The molecule has 2 N–H and O–H groups in total. The van der Waals surface area contributed by atoms with Crippen molar-refractivity contribution in [2.45, 2.75) is 13.1 Å². The Bertz CT molecular complexity index is 670. The first kappa shape index (κ1) is 13.1. The third kappa shape index (κ3) is 3.79. The van der Waals surface area contributed by atoms with E-state index in [1.165, 1.54) is 0 Å². The standard InChI is InChI=1S/C15H15N5O/c1-2-13(21-9-1)11-19-15-17-8-5-14(20-15)18-10-12-3-6-16-7-4-12/h1-9H,10-11H2,(H2,17,18,19,20). The summed E-state index contributed by atoms with van der Waals surface area (Å²) in [5.74, 6) is 2.17. The number of hydrogen-bond acceptors (Lipinski definition) is 6. The van der Waals surface area contributed by atoms with Crippen LogP contribution in [0.4, 0.5) is 11.8 Å². The van der Waals surface area contributed by atoms with Crippen molar-refractivity contribution in [2.24, 2.45) is 0 Å². The van der Waals surface area contributed by atoms with Gasteiger partial charge >= 0.3 is 0 Å². The van der Waals surface area contributed by atoms with Crippen LogP contribution in [0.3, 0.4) is 0 Å². The van der Waals surface area contributed by atoms with Crippen molar-refractivity contribution in [3.63, 3.8) is 0 Å². The smallest absolute Gasteiger partial charge is 0.224 e. The molecule has 0 fully saturated rings. The number of anilines is 2. The van der Waals surface area contributed by atoms with Crippen molar-refractivity contribution < 1.29 is 4.42 Å². The van der Waals surface area contributed by atoms with Gasteiger partial charge in [-0.1, -0.05) is 0 Å². The van der Waals surface area contributed by atoms with E-state index in [0.717, 1.165) is 17.1 Å². The highest BCUT2D eigenvalue weighted by atomic mass is 16.3. The van der Waals surface area contributed by atoms with Gasteiger partial charge in [0.1, 0.15) is 11.6 Å². The van der Waals surface area contributed by atoms with Crippen molar-refractivity contribution in [1.29, 1.82) is 0 Å². The molecule has 0 amide bonds. The second-order valence-electron chi connectivity index (χ2n) is 4.41. The van der Waals surface area contributed by atoms with Crippen LogP contribution in [0, 0.1) is 0 Å². The van der Waals surface area contributed by atoms with Crippen LogP contribution in [-0.2, 0) is 13.1 Å². The summed E-state index contributed by atoms with van der Waals surface area (Å²) in [6.07, 6.45) is 6.90. The molecule has 0 spiro atoms. The van der Waals surface area contributed by atoms with Crippen molar-refractivity contribution in [3.8, 4) is 0 Å². The first-order valence-corrected chi connectivity index (χ1v) is 6.62. The van der Waals surface area contributed by atoms with Crippen LogP contribution in [0.5, 0.6) is 0 Å². The van der Waals surface area contributed by atoms with Crippen LogP contribution in [-0.4, -0.2) is 15.0 Å². The normalized spacial score (nSPS) is 10.3. The average Bonchev–Trinajstić information content (AvgIpc) is 3.06. The molecule has 0 unspecified atom stereocenters. The molecule has 0 atom stereocenters. The van der Waals surface area contributed by atoms with E-state index < -0.39 is 0 Å². The summed E-state index contributed by atoms with van der Waals surface area (Å²) in [5, 5.41) is 6.37. The molecule has 0 aliphatic rings. The molecule has 3 aromatic heterocycles. The second kappa shape index (κ2) is 6.51. The third-order valence-corrected chi connectivity index (χ3v) is 2.88. The van der Waals surface area contributed by atoms with E-state index in [4.69, 9.17) is 4.42 Å². The molecule has 0 aromatic carbocycles. The van der Waals surface area contributed by atoms with E-state index in [-0.39, 0.29) is 0 Å². The van der Waals surface area contributed by atoms with Gasteiger partial charge in [-0.25, -0.2) is 4.98 Å². The Kier molecular flexibility index (Phi) is 4.07. The summed E-state index contributed by atoms with van der Waals surface area (Å²) in [5.41, 5.74) is 1.15. The molecule has 0 aliphatic carbocycles. The first-order valence-electron chi connectivity index (χ1n) is 6.62. The predicted molar refractivity (Wildman–Crippen MR) is 79.6 cm³/mol. The molecule has 3 rings (SSSR count). The largest absolute Gasteiger partial charge is 0.467 e. The van der Waals surface area contributed by atoms with Gasteiger partial charge in [-0.3, -0.25) is 4.98 Å². The minimum absolute atomic E-state index is 0.556. The van der Waals surface area contributed by atoms with Gasteiger partial charge in [0.25, 0.3) is 0 Å². The molecule has 0 radical (unpaired) electrons. The zero-order valence-corrected chi connectivity index (χ0v) is 11.4. The van der Waals surface area contributed by atoms with E-state index in [9.17, 15) is 0 Å². The van der Waals surface area contributed by atoms with Crippen molar-refractivity contribution >= 4 is 11.8 Å². The highest BCUT2D eigenvalue weighted by molar-refractivity contribution is 5.40. The van der Waals surface area contributed by atoms with Crippen LogP contribution in [0.1, 0.15) is 11.3 Å².